The maximum atomic E-state index is 14.7. The van der Waals surface area contributed by atoms with Crippen molar-refractivity contribution in [1.29, 1.82) is 0 Å². The summed E-state index contributed by atoms with van der Waals surface area (Å²) in [5, 5.41) is -0.157. The van der Waals surface area contributed by atoms with Crippen molar-refractivity contribution < 1.29 is 35.9 Å². The molecule has 0 spiro atoms. The number of nitrogens with zero attached hydrogens (tertiary/aromatic N) is 2. The number of nitrogens with two attached hydrogens (primary N) is 1. The second-order valence-corrected chi connectivity index (χ2v) is 8.02. The van der Waals surface area contributed by atoms with Crippen LogP contribution in [0.3, 0.4) is 0 Å². The Bertz CT molecular complexity index is 1200. The summed E-state index contributed by atoms with van der Waals surface area (Å²) in [4.78, 5) is 20.5. The van der Waals surface area contributed by atoms with Crippen LogP contribution in [0, 0.1) is 5.82 Å². The van der Waals surface area contributed by atoms with E-state index in [9.17, 15) is 22.4 Å². The van der Waals surface area contributed by atoms with Crippen LogP contribution in [0.4, 0.5) is 17.6 Å². The number of carbonyl (C=O) groups excluding carboxylic acids is 1. The molecule has 1 aliphatic heterocycles. The number of hydrogen-bond acceptors (Lipinski definition) is 6. The lowest BCUT2D eigenvalue weighted by Crippen LogP contribution is -2.60. The van der Waals surface area contributed by atoms with Crippen LogP contribution in [0.5, 0.6) is 5.75 Å². The number of alkyl halides is 3. The molecule has 0 saturated carbocycles. The van der Waals surface area contributed by atoms with E-state index in [0.29, 0.717) is 5.56 Å². The highest BCUT2D eigenvalue weighted by Crippen LogP contribution is 2.41. The molecule has 1 aromatic heterocycles. The van der Waals surface area contributed by atoms with E-state index < -0.39 is 48.4 Å². The molecule has 0 saturated heterocycles. The van der Waals surface area contributed by atoms with Crippen LogP contribution in [0.15, 0.2) is 35.5 Å². The zero-order valence-electron chi connectivity index (χ0n) is 20.3. The second kappa shape index (κ2) is 9.44. The first-order valence-corrected chi connectivity index (χ1v) is 9.56. The highest BCUT2D eigenvalue weighted by molar-refractivity contribution is 6.33. The number of benzene rings is 1. The lowest BCUT2D eigenvalue weighted by Gasteiger charge is -2.41. The van der Waals surface area contributed by atoms with E-state index in [1.807, 2.05) is 0 Å². The predicted molar refractivity (Wildman–Crippen MR) is 117 cm³/mol. The van der Waals surface area contributed by atoms with Crippen LogP contribution in [-0.2, 0) is 16.7 Å². The molecule has 3 rings (SSSR count). The summed E-state index contributed by atoms with van der Waals surface area (Å²) in [6.45, 7) is 1.49. The number of halogens is 6. The molecule has 1 aromatic carbocycles. The first-order chi connectivity index (χ1) is 15.9. The van der Waals surface area contributed by atoms with Crippen molar-refractivity contribution in [3.05, 3.63) is 58.1 Å². The van der Waals surface area contributed by atoms with Crippen LogP contribution < -0.4 is 10.5 Å². The third-order valence-corrected chi connectivity index (χ3v) is 5.50. The number of ether oxygens (including phenoxy) is 2. The third-order valence-electron chi connectivity index (χ3n) is 5.21. The van der Waals surface area contributed by atoms with E-state index in [0.717, 1.165) is 25.3 Å². The minimum Gasteiger partial charge on any atom is -0.495 e. The van der Waals surface area contributed by atoms with Gasteiger partial charge in [-0.2, -0.15) is 13.2 Å². The molecule has 12 heteroatoms. The van der Waals surface area contributed by atoms with Gasteiger partial charge in [0, 0.05) is 18.1 Å². The second-order valence-electron chi connectivity index (χ2n) is 7.61. The first-order valence-electron chi connectivity index (χ1n) is 10.7. The summed E-state index contributed by atoms with van der Waals surface area (Å²) in [6, 6.07) is 4.77. The van der Waals surface area contributed by atoms with Crippen LogP contribution >= 0.6 is 24.0 Å². The van der Waals surface area contributed by atoms with Gasteiger partial charge in [-0.05, 0) is 31.5 Å². The molecule has 33 heavy (non-hydrogen) atoms. The Hall–Kier alpha value is -2.43. The molecular weight excluding hydrogens is 489 g/mol. The SMILES string of the molecule is Cl.[2H]C([2H])([2H])Oc1cnc(C(=O)Cc2ccc(F)c([C@]3(C)CO[C@@](C)(C(F)(F)F)C(N)=N3)c2)c(Cl)c1. The molecule has 2 N–H and O–H groups in total. The van der Waals surface area contributed by atoms with Crippen molar-refractivity contribution in [2.24, 2.45) is 10.7 Å². The van der Waals surface area contributed by atoms with Crippen molar-refractivity contribution in [2.75, 3.05) is 13.6 Å². The van der Waals surface area contributed by atoms with Gasteiger partial charge in [0.1, 0.15) is 28.6 Å². The number of aliphatic imine (C=N–C) groups is 1. The van der Waals surface area contributed by atoms with Gasteiger partial charge in [0.05, 0.1) is 29.0 Å². The molecular formula is C21H21Cl2F4N3O3. The Morgan fingerprint density at radius 1 is 1.36 bits per heavy atom. The summed E-state index contributed by atoms with van der Waals surface area (Å²) in [7, 11) is -2.73. The Morgan fingerprint density at radius 2 is 2.06 bits per heavy atom. The van der Waals surface area contributed by atoms with Crippen molar-refractivity contribution in [3.8, 4) is 5.75 Å². The van der Waals surface area contributed by atoms with Gasteiger partial charge in [-0.25, -0.2) is 9.37 Å². The lowest BCUT2D eigenvalue weighted by atomic mass is 9.88. The smallest absolute Gasteiger partial charge is 0.424 e. The van der Waals surface area contributed by atoms with E-state index in [4.69, 9.17) is 26.2 Å². The molecule has 0 radical (unpaired) electrons. The number of amidine groups is 1. The standard InChI is InChI=1S/C21H20ClF4N3O3.ClH/c1-19(10-32-20(2,18(27)29-19)21(24,25)26)13-6-11(4-5-15(13)23)7-16(30)17-14(22)8-12(31-3)9-28-17;/h4-6,8-9H,7,10H2,1-3H3,(H2,27,29);1H/t19-,20+;/m0./s1/i3D3;. The molecule has 2 heterocycles. The van der Waals surface area contributed by atoms with E-state index in [-0.39, 0.29) is 40.9 Å². The largest absolute Gasteiger partial charge is 0.495 e. The van der Waals surface area contributed by atoms with E-state index >= 15 is 0 Å². The molecule has 2 aromatic rings. The summed E-state index contributed by atoms with van der Waals surface area (Å²) in [6.07, 6.45) is -4.10. The molecule has 0 fully saturated rings. The molecule has 2 atom stereocenters. The van der Waals surface area contributed by atoms with E-state index in [2.05, 4.69) is 14.7 Å². The van der Waals surface area contributed by atoms with Gasteiger partial charge >= 0.3 is 6.18 Å². The molecule has 0 amide bonds. The average Bonchev–Trinajstić information content (AvgIpc) is 2.70. The van der Waals surface area contributed by atoms with Crippen molar-refractivity contribution in [1.82, 2.24) is 4.98 Å². The van der Waals surface area contributed by atoms with Crippen LogP contribution in [0.25, 0.3) is 0 Å². The zero-order chi connectivity index (χ0) is 26.4. The van der Waals surface area contributed by atoms with Gasteiger partial charge in [-0.15, -0.1) is 12.4 Å². The van der Waals surface area contributed by atoms with Crippen LogP contribution in [0.1, 0.15) is 39.6 Å². The highest BCUT2D eigenvalue weighted by Gasteiger charge is 2.59. The number of methoxy groups -OCH3 is 1. The molecule has 6 nitrogen and oxygen atoms in total. The summed E-state index contributed by atoms with van der Waals surface area (Å²) in [5.74, 6) is -2.37. The molecule has 0 aliphatic carbocycles. The minimum absolute atomic E-state index is 0. The van der Waals surface area contributed by atoms with Crippen LogP contribution in [-0.4, -0.2) is 42.0 Å². The Labute approximate surface area is 202 Å². The first kappa shape index (κ1) is 22.4. The summed E-state index contributed by atoms with van der Waals surface area (Å²) < 4.78 is 85.8. The number of rotatable bonds is 5. The maximum Gasteiger partial charge on any atom is 0.424 e. The average molecular weight is 513 g/mol. The van der Waals surface area contributed by atoms with Gasteiger partial charge in [0.15, 0.2) is 5.78 Å². The fourth-order valence-electron chi connectivity index (χ4n) is 3.17. The Morgan fingerprint density at radius 3 is 2.64 bits per heavy atom. The number of pyridine rings is 1. The number of Topliss-reactive ketones (excluding diaryl/α,β-unsaturated/α-hetero) is 1. The predicted octanol–water partition coefficient (Wildman–Crippen LogP) is 4.65. The quantitative estimate of drug-likeness (QED) is 0.465. The maximum absolute atomic E-state index is 14.7. The van der Waals surface area contributed by atoms with Gasteiger partial charge in [-0.3, -0.25) is 9.79 Å². The van der Waals surface area contributed by atoms with E-state index in [1.54, 1.807) is 0 Å². The van der Waals surface area contributed by atoms with E-state index in [1.165, 1.54) is 19.1 Å². The fraction of sp³-hybridized carbons (Fsp3) is 0.381. The highest BCUT2D eigenvalue weighted by atomic mass is 35.5. The molecule has 0 unspecified atom stereocenters. The minimum atomic E-state index is -4.83. The molecule has 1 aliphatic rings. The lowest BCUT2D eigenvalue weighted by molar-refractivity contribution is -0.249. The molecule has 0 bridgehead atoms. The normalized spacial score (nSPS) is 24.6. The van der Waals surface area contributed by atoms with Crippen molar-refractivity contribution in [2.45, 2.75) is 37.6 Å². The van der Waals surface area contributed by atoms with Gasteiger partial charge < -0.3 is 15.2 Å². The summed E-state index contributed by atoms with van der Waals surface area (Å²) >= 11 is 6.05. The Balaban J connectivity index is 0.00000456. The van der Waals surface area contributed by atoms with Crippen molar-refractivity contribution >= 4 is 35.6 Å². The van der Waals surface area contributed by atoms with Crippen LogP contribution in [0.2, 0.25) is 5.02 Å². The molecule has 180 valence electrons. The number of hydrogen-bond donors (Lipinski definition) is 1. The number of ketones is 1. The fourth-order valence-corrected chi connectivity index (χ4v) is 3.44. The number of aromatic nitrogens is 1. The Kier molecular flexibility index (Phi) is 6.40. The monoisotopic (exact) mass is 512 g/mol. The summed E-state index contributed by atoms with van der Waals surface area (Å²) in [5.41, 5.74) is 1.20. The third kappa shape index (κ3) is 5.07. The van der Waals surface area contributed by atoms with Crippen molar-refractivity contribution in [3.63, 3.8) is 0 Å². The van der Waals surface area contributed by atoms with Gasteiger partial charge in [-0.1, -0.05) is 17.7 Å². The zero-order valence-corrected chi connectivity index (χ0v) is 18.9. The van der Waals surface area contributed by atoms with Gasteiger partial charge in [0.25, 0.3) is 0 Å². The number of carbonyl (C=O) groups is 1. The van der Waals surface area contributed by atoms with Gasteiger partial charge in [0.2, 0.25) is 5.60 Å². The topological polar surface area (TPSA) is 86.8 Å².